The molecule has 2 heterocycles. The van der Waals surface area contributed by atoms with Gasteiger partial charge in [0.1, 0.15) is 0 Å². The minimum Gasteiger partial charge on any atom is -0.302 e. The number of hydrogen-bond acceptors (Lipinski definition) is 6. The maximum atomic E-state index is 13.0. The molecule has 1 N–H and O–H groups in total. The first kappa shape index (κ1) is 20.8. The molecule has 0 aliphatic heterocycles. The van der Waals surface area contributed by atoms with E-state index in [9.17, 15) is 9.59 Å². The summed E-state index contributed by atoms with van der Waals surface area (Å²) in [5.74, 6) is 0.411. The zero-order valence-electron chi connectivity index (χ0n) is 15.7. The lowest BCUT2D eigenvalue weighted by molar-refractivity contribution is -0.114. The first-order valence-corrected chi connectivity index (χ1v) is 11.3. The van der Waals surface area contributed by atoms with Crippen molar-refractivity contribution >= 4 is 56.6 Å². The van der Waals surface area contributed by atoms with Crippen molar-refractivity contribution in [3.8, 4) is 0 Å². The Balaban J connectivity index is 1.88. The quantitative estimate of drug-likeness (QED) is 0.307. The van der Waals surface area contributed by atoms with Gasteiger partial charge in [0.15, 0.2) is 10.3 Å². The van der Waals surface area contributed by atoms with Crippen molar-refractivity contribution in [3.63, 3.8) is 0 Å². The molecule has 0 saturated carbocycles. The standard InChI is InChI=1S/C19H21ClN4O2S2/c1-3-4-5-8-24-17(26)15-7-6-13(20)9-16(15)23-19(24)28-11-14-10-27-18(22-14)21-12(2)25/h6-7,9-10H,3-5,8,11H2,1-2H3,(H,21,22,25). The number of benzene rings is 1. The number of aromatic nitrogens is 3. The van der Waals surface area contributed by atoms with E-state index < -0.39 is 0 Å². The van der Waals surface area contributed by atoms with Crippen molar-refractivity contribution in [2.75, 3.05) is 5.32 Å². The van der Waals surface area contributed by atoms with E-state index in [1.807, 2.05) is 5.38 Å². The van der Waals surface area contributed by atoms with Gasteiger partial charge in [-0.2, -0.15) is 0 Å². The summed E-state index contributed by atoms with van der Waals surface area (Å²) < 4.78 is 1.75. The van der Waals surface area contributed by atoms with Gasteiger partial charge >= 0.3 is 0 Å². The number of carbonyl (C=O) groups is 1. The molecule has 0 atom stereocenters. The van der Waals surface area contributed by atoms with Crippen LogP contribution < -0.4 is 10.9 Å². The summed E-state index contributed by atoms with van der Waals surface area (Å²) in [6.45, 7) is 4.22. The minimum absolute atomic E-state index is 0.0440. The maximum absolute atomic E-state index is 13.0. The van der Waals surface area contributed by atoms with Gasteiger partial charge in [-0.05, 0) is 24.6 Å². The Morgan fingerprint density at radius 1 is 1.32 bits per heavy atom. The predicted molar refractivity (Wildman–Crippen MR) is 117 cm³/mol. The molecule has 0 spiro atoms. The summed E-state index contributed by atoms with van der Waals surface area (Å²) in [7, 11) is 0. The van der Waals surface area contributed by atoms with Crippen molar-refractivity contribution in [3.05, 3.63) is 44.6 Å². The van der Waals surface area contributed by atoms with E-state index in [0.717, 1.165) is 25.0 Å². The van der Waals surface area contributed by atoms with Crippen LogP contribution in [0.1, 0.15) is 38.8 Å². The van der Waals surface area contributed by atoms with Crippen LogP contribution in [0.4, 0.5) is 5.13 Å². The molecule has 1 amide bonds. The molecule has 3 aromatic rings. The van der Waals surface area contributed by atoms with Crippen molar-refractivity contribution in [2.24, 2.45) is 0 Å². The van der Waals surface area contributed by atoms with Gasteiger partial charge in [0, 0.05) is 29.6 Å². The Labute approximate surface area is 176 Å². The van der Waals surface area contributed by atoms with Gasteiger partial charge in [-0.1, -0.05) is 43.1 Å². The number of nitrogens with zero attached hydrogens (tertiary/aromatic N) is 3. The van der Waals surface area contributed by atoms with Gasteiger partial charge in [0.05, 0.1) is 16.6 Å². The molecule has 1 aromatic carbocycles. The van der Waals surface area contributed by atoms with Crippen LogP contribution in [-0.2, 0) is 17.1 Å². The number of hydrogen-bond donors (Lipinski definition) is 1. The summed E-state index contributed by atoms with van der Waals surface area (Å²) >= 11 is 8.93. The second-order valence-corrected chi connectivity index (χ2v) is 8.57. The molecule has 148 valence electrons. The van der Waals surface area contributed by atoms with Gasteiger partial charge < -0.3 is 5.32 Å². The second kappa shape index (κ2) is 9.54. The molecule has 0 bridgehead atoms. The first-order valence-electron chi connectivity index (χ1n) is 9.03. The molecule has 0 fully saturated rings. The third kappa shape index (κ3) is 5.12. The van der Waals surface area contributed by atoms with Crippen molar-refractivity contribution in [1.29, 1.82) is 0 Å². The van der Waals surface area contributed by atoms with E-state index in [-0.39, 0.29) is 11.5 Å². The van der Waals surface area contributed by atoms with Crippen LogP contribution in [0.15, 0.2) is 33.5 Å². The number of rotatable bonds is 8. The van der Waals surface area contributed by atoms with Crippen LogP contribution in [0, 0.1) is 0 Å². The normalized spacial score (nSPS) is 11.1. The zero-order chi connectivity index (χ0) is 20.1. The average molecular weight is 437 g/mol. The highest BCUT2D eigenvalue weighted by Gasteiger charge is 2.13. The Bertz CT molecular complexity index is 1050. The zero-order valence-corrected chi connectivity index (χ0v) is 18.1. The van der Waals surface area contributed by atoms with Crippen molar-refractivity contribution in [1.82, 2.24) is 14.5 Å². The van der Waals surface area contributed by atoms with E-state index in [2.05, 4.69) is 17.2 Å². The van der Waals surface area contributed by atoms with Gasteiger partial charge in [0.2, 0.25) is 5.91 Å². The number of unbranched alkanes of at least 4 members (excludes halogenated alkanes) is 2. The minimum atomic E-state index is -0.147. The molecule has 0 saturated heterocycles. The fourth-order valence-electron chi connectivity index (χ4n) is 2.72. The molecule has 2 aromatic heterocycles. The number of nitrogens with one attached hydrogen (secondary N) is 1. The van der Waals surface area contributed by atoms with Crippen molar-refractivity contribution in [2.45, 2.75) is 50.6 Å². The molecule has 9 heteroatoms. The molecule has 0 radical (unpaired) electrons. The number of fused-ring (bicyclic) bond motifs is 1. The molecular weight excluding hydrogens is 416 g/mol. The molecule has 0 aliphatic rings. The number of carbonyl (C=O) groups excluding carboxylic acids is 1. The topological polar surface area (TPSA) is 76.9 Å². The van der Waals surface area contributed by atoms with Crippen LogP contribution >= 0.6 is 34.7 Å². The number of anilines is 1. The van der Waals surface area contributed by atoms with Crippen LogP contribution in [0.25, 0.3) is 10.9 Å². The van der Waals surface area contributed by atoms with Crippen molar-refractivity contribution < 1.29 is 4.79 Å². The SMILES string of the molecule is CCCCCn1c(SCc2csc(NC(C)=O)n2)nc2cc(Cl)ccc2c1=O. The second-order valence-electron chi connectivity index (χ2n) is 6.33. The lowest BCUT2D eigenvalue weighted by Crippen LogP contribution is -2.23. The summed E-state index contributed by atoms with van der Waals surface area (Å²) in [6.07, 6.45) is 3.06. The maximum Gasteiger partial charge on any atom is 0.262 e. The fourth-order valence-corrected chi connectivity index (χ4v) is 4.67. The highest BCUT2D eigenvalue weighted by atomic mass is 35.5. The lowest BCUT2D eigenvalue weighted by Gasteiger charge is -2.12. The van der Waals surface area contributed by atoms with E-state index >= 15 is 0 Å². The van der Waals surface area contributed by atoms with Crippen LogP contribution in [-0.4, -0.2) is 20.4 Å². The molecular formula is C19H21ClN4O2S2. The van der Waals surface area contributed by atoms with Crippen LogP contribution in [0.3, 0.4) is 0 Å². The monoisotopic (exact) mass is 436 g/mol. The first-order chi connectivity index (χ1) is 13.5. The Morgan fingerprint density at radius 3 is 2.89 bits per heavy atom. The predicted octanol–water partition coefficient (Wildman–Crippen LogP) is 4.95. The third-order valence-corrected chi connectivity index (χ3v) is 6.10. The Morgan fingerprint density at radius 2 is 2.14 bits per heavy atom. The Kier molecular flexibility index (Phi) is 7.09. The largest absolute Gasteiger partial charge is 0.302 e. The number of amides is 1. The van der Waals surface area contributed by atoms with Gasteiger partial charge in [-0.3, -0.25) is 14.2 Å². The van der Waals surface area contributed by atoms with Gasteiger partial charge in [-0.25, -0.2) is 9.97 Å². The van der Waals surface area contributed by atoms with Crippen LogP contribution in [0.2, 0.25) is 5.02 Å². The fraction of sp³-hybridized carbons (Fsp3) is 0.368. The molecule has 28 heavy (non-hydrogen) atoms. The van der Waals surface area contributed by atoms with Gasteiger partial charge in [0.25, 0.3) is 5.56 Å². The smallest absolute Gasteiger partial charge is 0.262 e. The Hall–Kier alpha value is -1.90. The summed E-state index contributed by atoms with van der Waals surface area (Å²) in [6, 6.07) is 5.17. The number of thiazole rings is 1. The average Bonchev–Trinajstić information content (AvgIpc) is 3.08. The van der Waals surface area contributed by atoms with E-state index in [4.69, 9.17) is 16.6 Å². The number of thioether (sulfide) groups is 1. The van der Waals surface area contributed by atoms with Crippen LogP contribution in [0.5, 0.6) is 0 Å². The highest BCUT2D eigenvalue weighted by molar-refractivity contribution is 7.98. The van der Waals surface area contributed by atoms with Gasteiger partial charge in [-0.15, -0.1) is 11.3 Å². The van der Waals surface area contributed by atoms with E-state index in [1.54, 1.807) is 22.8 Å². The molecule has 0 aliphatic carbocycles. The molecule has 3 rings (SSSR count). The molecule has 0 unspecified atom stereocenters. The molecule has 6 nitrogen and oxygen atoms in total. The van der Waals surface area contributed by atoms with E-state index in [0.29, 0.717) is 38.5 Å². The third-order valence-electron chi connectivity index (χ3n) is 4.05. The summed E-state index contributed by atoms with van der Waals surface area (Å²) in [5.41, 5.74) is 1.39. The summed E-state index contributed by atoms with van der Waals surface area (Å²) in [4.78, 5) is 33.2. The highest BCUT2D eigenvalue weighted by Crippen LogP contribution is 2.26. The lowest BCUT2D eigenvalue weighted by atomic mass is 10.2. The number of halogens is 1. The van der Waals surface area contributed by atoms with E-state index in [1.165, 1.54) is 30.0 Å². The summed E-state index contributed by atoms with van der Waals surface area (Å²) in [5, 5.41) is 6.94.